The molecule has 2 amide bonds. The number of para-hydroxylation sites is 1. The molecule has 3 heterocycles. The van der Waals surface area contributed by atoms with Crippen molar-refractivity contribution in [1.82, 2.24) is 30.6 Å². The highest BCUT2D eigenvalue weighted by Crippen LogP contribution is 2.30. The van der Waals surface area contributed by atoms with Crippen molar-refractivity contribution in [3.8, 4) is 0 Å². The molecular weight excluding hydrogens is 643 g/mol. The summed E-state index contributed by atoms with van der Waals surface area (Å²) in [5.41, 5.74) is 4.25. The van der Waals surface area contributed by atoms with E-state index in [4.69, 9.17) is 9.15 Å². The molecule has 3 atom stereocenters. The molecule has 254 valence electrons. The van der Waals surface area contributed by atoms with Crippen LogP contribution in [0.1, 0.15) is 40.6 Å². The van der Waals surface area contributed by atoms with E-state index >= 15 is 0 Å². The first kappa shape index (κ1) is 33.9. The lowest BCUT2D eigenvalue weighted by atomic mass is 9.84. The molecule has 49 heavy (non-hydrogen) atoms. The Morgan fingerprint density at radius 2 is 1.65 bits per heavy atom. The van der Waals surface area contributed by atoms with Gasteiger partial charge in [-0.3, -0.25) is 9.48 Å². The van der Waals surface area contributed by atoms with Gasteiger partial charge in [-0.25, -0.2) is 4.79 Å². The van der Waals surface area contributed by atoms with E-state index in [-0.39, 0.29) is 12.2 Å². The smallest absolute Gasteiger partial charge is 0.405 e. The minimum absolute atomic E-state index is 0.0360. The van der Waals surface area contributed by atoms with Crippen LogP contribution in [0.25, 0.3) is 0 Å². The molecule has 5 aromatic rings. The number of aryl methyl sites for hydroxylation is 2. The van der Waals surface area contributed by atoms with E-state index in [1.54, 1.807) is 6.20 Å². The maximum Gasteiger partial charge on any atom is 0.405 e. The highest BCUT2D eigenvalue weighted by molar-refractivity contribution is 7.99. The van der Waals surface area contributed by atoms with Crippen molar-refractivity contribution in [2.24, 2.45) is 0 Å². The number of hydrogen-bond donors (Lipinski definition) is 4. The van der Waals surface area contributed by atoms with Gasteiger partial charge in [0.2, 0.25) is 11.8 Å². The Bertz CT molecular complexity index is 1780. The van der Waals surface area contributed by atoms with E-state index < -0.39 is 24.0 Å². The Morgan fingerprint density at radius 3 is 2.35 bits per heavy atom. The van der Waals surface area contributed by atoms with Crippen molar-refractivity contribution >= 4 is 29.4 Å². The number of amides is 2. The summed E-state index contributed by atoms with van der Waals surface area (Å²) in [5.74, 6) is 0.174. The van der Waals surface area contributed by atoms with Crippen LogP contribution in [0, 0.1) is 6.92 Å². The van der Waals surface area contributed by atoms with Gasteiger partial charge in [0.05, 0.1) is 12.2 Å². The maximum absolute atomic E-state index is 13.9. The molecule has 3 aromatic carbocycles. The average molecular weight is 682 g/mol. The molecule has 0 unspecified atom stereocenters. The Morgan fingerprint density at radius 1 is 0.959 bits per heavy atom. The summed E-state index contributed by atoms with van der Waals surface area (Å²) in [6.07, 6.45) is 1.76. The summed E-state index contributed by atoms with van der Waals surface area (Å²) in [5, 5.41) is 31.9. The fourth-order valence-corrected chi connectivity index (χ4v) is 6.76. The molecule has 0 radical (unpaired) electrons. The van der Waals surface area contributed by atoms with Crippen molar-refractivity contribution in [2.45, 2.75) is 55.7 Å². The molecule has 1 fully saturated rings. The second-order valence-corrected chi connectivity index (χ2v) is 12.8. The summed E-state index contributed by atoms with van der Waals surface area (Å²) >= 11 is 1.47. The zero-order chi connectivity index (χ0) is 34.0. The molecule has 0 saturated carbocycles. The van der Waals surface area contributed by atoms with Gasteiger partial charge in [0.25, 0.3) is 5.22 Å². The van der Waals surface area contributed by atoms with Crippen LogP contribution in [0.15, 0.2) is 107 Å². The minimum Gasteiger partial charge on any atom is -0.465 e. The fourth-order valence-electron chi connectivity index (χ4n) is 5.98. The summed E-state index contributed by atoms with van der Waals surface area (Å²) < 4.78 is 14.0. The lowest BCUT2D eigenvalue weighted by Gasteiger charge is -2.31. The number of rotatable bonds is 14. The molecule has 1 aliphatic rings. The highest BCUT2D eigenvalue weighted by Gasteiger charge is 2.33. The first-order valence-corrected chi connectivity index (χ1v) is 17.2. The zero-order valence-corrected chi connectivity index (χ0v) is 27.9. The van der Waals surface area contributed by atoms with Crippen molar-refractivity contribution in [2.75, 3.05) is 24.2 Å². The number of nitrogens with one attached hydrogen (secondary N) is 3. The molecular formula is C36H39N7O5S. The van der Waals surface area contributed by atoms with Crippen molar-refractivity contribution < 1.29 is 23.8 Å². The summed E-state index contributed by atoms with van der Waals surface area (Å²) in [6, 6.07) is 27.4. The molecule has 13 heteroatoms. The van der Waals surface area contributed by atoms with Crippen LogP contribution in [0.4, 0.5) is 10.5 Å². The second kappa shape index (κ2) is 16.4. The molecule has 0 spiro atoms. The number of morpholine rings is 1. The van der Waals surface area contributed by atoms with Crippen LogP contribution < -0.4 is 16.0 Å². The number of carbonyl (C=O) groups is 2. The summed E-state index contributed by atoms with van der Waals surface area (Å²) in [4.78, 5) is 25.9. The van der Waals surface area contributed by atoms with Gasteiger partial charge in [-0.15, -0.1) is 10.2 Å². The van der Waals surface area contributed by atoms with Crippen molar-refractivity contribution in [3.05, 3.63) is 125 Å². The number of aromatic nitrogens is 4. The molecule has 12 nitrogen and oxygen atoms in total. The Labute approximate surface area is 288 Å². The molecule has 4 N–H and O–H groups in total. The van der Waals surface area contributed by atoms with Crippen molar-refractivity contribution in [1.29, 1.82) is 0 Å². The standard InChI is InChI=1S/C36H39N7O5S/c1-24-18-19-38-43(24)22-31-41-42-36(48-31)49-23-29-21-37-20-28(47-29)17-16-25-10-8-9-15-30(25)39-34(44)33(40-35(45)46)32(26-11-4-2-5-12-26)27-13-6-3-7-14-27/h2-15,18-19,28-29,32-33,37,40H,16-17,20-23H2,1H3,(H,39,44)(H,45,46)/t28-,29+,33+/m1/s1. The first-order chi connectivity index (χ1) is 23.9. The van der Waals surface area contributed by atoms with Crippen LogP contribution in [-0.2, 0) is 22.5 Å². The van der Waals surface area contributed by atoms with Crippen LogP contribution in [0.2, 0.25) is 0 Å². The third-order valence-corrected chi connectivity index (χ3v) is 9.36. The molecule has 6 rings (SSSR count). The maximum atomic E-state index is 13.9. The SMILES string of the molecule is Cc1ccnn1Cc1nnc(SC[C@@H]2CNC[C@@H](CCc3ccccc3NC(=O)[C@@H](NC(=O)O)C(c3ccccc3)c3ccccc3)O2)o1. The van der Waals surface area contributed by atoms with E-state index in [0.717, 1.165) is 28.8 Å². The number of carbonyl (C=O) groups excluding carboxylic acids is 1. The predicted octanol–water partition coefficient (Wildman–Crippen LogP) is 5.11. The number of hydrogen-bond acceptors (Lipinski definition) is 9. The fraction of sp³-hybridized carbons (Fsp3) is 0.306. The number of carboxylic acid groups (broad SMARTS) is 1. The van der Waals surface area contributed by atoms with E-state index in [1.165, 1.54) is 11.8 Å². The van der Waals surface area contributed by atoms with Gasteiger partial charge < -0.3 is 30.2 Å². The van der Waals surface area contributed by atoms with Crippen LogP contribution in [0.5, 0.6) is 0 Å². The molecule has 1 aliphatic heterocycles. The minimum atomic E-state index is -1.27. The van der Waals surface area contributed by atoms with Gasteiger partial charge in [-0.05, 0) is 48.6 Å². The number of benzene rings is 3. The van der Waals surface area contributed by atoms with Gasteiger partial charge in [-0.1, -0.05) is 90.6 Å². The number of anilines is 1. The van der Waals surface area contributed by atoms with Gasteiger partial charge in [0, 0.05) is 42.3 Å². The van der Waals surface area contributed by atoms with Gasteiger partial charge in [-0.2, -0.15) is 5.10 Å². The molecule has 0 aliphatic carbocycles. The predicted molar refractivity (Wildman–Crippen MR) is 186 cm³/mol. The summed E-state index contributed by atoms with van der Waals surface area (Å²) in [6.45, 7) is 3.83. The molecule has 2 aromatic heterocycles. The Balaban J connectivity index is 1.07. The normalized spacial score (nSPS) is 16.7. The highest BCUT2D eigenvalue weighted by atomic mass is 32.2. The third kappa shape index (κ3) is 9.13. The Kier molecular flexibility index (Phi) is 11.4. The summed E-state index contributed by atoms with van der Waals surface area (Å²) in [7, 11) is 0. The lowest BCUT2D eigenvalue weighted by molar-refractivity contribution is -0.118. The second-order valence-electron chi connectivity index (χ2n) is 11.9. The van der Waals surface area contributed by atoms with Crippen LogP contribution in [0.3, 0.4) is 0 Å². The number of ether oxygens (including phenoxy) is 1. The molecule has 0 bridgehead atoms. The third-order valence-electron chi connectivity index (χ3n) is 8.41. The van der Waals surface area contributed by atoms with E-state index in [0.29, 0.717) is 48.6 Å². The van der Waals surface area contributed by atoms with Gasteiger partial charge in [0.15, 0.2) is 0 Å². The number of nitrogens with zero attached hydrogens (tertiary/aromatic N) is 4. The zero-order valence-electron chi connectivity index (χ0n) is 27.1. The van der Waals surface area contributed by atoms with E-state index in [2.05, 4.69) is 31.2 Å². The topological polar surface area (TPSA) is 156 Å². The van der Waals surface area contributed by atoms with Gasteiger partial charge in [0.1, 0.15) is 12.6 Å². The van der Waals surface area contributed by atoms with E-state index in [9.17, 15) is 14.7 Å². The largest absolute Gasteiger partial charge is 0.465 e. The lowest BCUT2D eigenvalue weighted by Crippen LogP contribution is -2.47. The van der Waals surface area contributed by atoms with Crippen LogP contribution >= 0.6 is 11.8 Å². The first-order valence-electron chi connectivity index (χ1n) is 16.2. The van der Waals surface area contributed by atoms with Crippen LogP contribution in [-0.4, -0.2) is 74.2 Å². The number of thioether (sulfide) groups is 1. The average Bonchev–Trinajstić information content (AvgIpc) is 3.75. The van der Waals surface area contributed by atoms with Gasteiger partial charge >= 0.3 is 6.09 Å². The van der Waals surface area contributed by atoms with E-state index in [1.807, 2.05) is 103 Å². The Hall–Kier alpha value is -4.98. The monoisotopic (exact) mass is 681 g/mol. The molecule has 1 saturated heterocycles. The van der Waals surface area contributed by atoms with Crippen molar-refractivity contribution in [3.63, 3.8) is 0 Å². The quantitative estimate of drug-likeness (QED) is 0.116.